The number of benzene rings is 5. The van der Waals surface area contributed by atoms with Gasteiger partial charge in [0.2, 0.25) is 0 Å². The number of aryl methyl sites for hydroxylation is 5. The first-order chi connectivity index (χ1) is 23.9. The van der Waals surface area contributed by atoms with E-state index in [1.807, 2.05) is 93.6 Å². The molecule has 0 saturated carbocycles. The molecule has 1 unspecified atom stereocenters. The van der Waals surface area contributed by atoms with E-state index in [0.29, 0.717) is 23.3 Å². The average Bonchev–Trinajstić information content (AvgIpc) is 3.07. The summed E-state index contributed by atoms with van der Waals surface area (Å²) in [5.74, 6) is 4.35. The largest absolute Gasteiger partial charge is 0.530 e. The van der Waals surface area contributed by atoms with E-state index in [-0.39, 0.29) is 9.03 Å². The van der Waals surface area contributed by atoms with E-state index in [0.717, 1.165) is 67.3 Å². The van der Waals surface area contributed by atoms with Gasteiger partial charge in [0.15, 0.2) is 0 Å². The molecule has 0 aliphatic rings. The summed E-state index contributed by atoms with van der Waals surface area (Å²) in [5.41, 5.74) is 11.9. The highest BCUT2D eigenvalue weighted by Crippen LogP contribution is 2.53. The van der Waals surface area contributed by atoms with Crippen molar-refractivity contribution in [1.82, 2.24) is 0 Å². The number of hydrogen-bond donors (Lipinski definition) is 0. The third-order valence-corrected chi connectivity index (χ3v) is 10.7. The van der Waals surface area contributed by atoms with Crippen molar-refractivity contribution >= 4 is 17.6 Å². The molecule has 262 valence electrons. The first-order valence-electron chi connectivity index (χ1n) is 17.3. The molecule has 0 N–H and O–H groups in total. The molecule has 5 aromatic rings. The minimum absolute atomic E-state index is 0.239. The van der Waals surface area contributed by atoms with Crippen molar-refractivity contribution < 1.29 is 22.6 Å². The Balaban J connectivity index is 1.70. The third-order valence-electron chi connectivity index (χ3n) is 9.11. The smallest absolute Gasteiger partial charge is 0.440 e. The van der Waals surface area contributed by atoms with Crippen molar-refractivity contribution in [2.75, 3.05) is 0 Å². The van der Waals surface area contributed by atoms with Crippen LogP contribution in [0, 0.1) is 48.5 Å². The van der Waals surface area contributed by atoms with Crippen molar-refractivity contribution in [1.29, 1.82) is 0 Å². The van der Waals surface area contributed by atoms with E-state index < -0.39 is 8.60 Å². The summed E-state index contributed by atoms with van der Waals surface area (Å²) in [6, 6.07) is 28.4. The van der Waals surface area contributed by atoms with Gasteiger partial charge in [-0.05, 0) is 129 Å². The highest BCUT2D eigenvalue weighted by Gasteiger charge is 2.30. The maximum atomic E-state index is 7.04. The quantitative estimate of drug-likeness (QED) is 0.114. The van der Waals surface area contributed by atoms with Gasteiger partial charge in [0, 0.05) is 11.1 Å². The molecule has 5 aromatic carbocycles. The van der Waals surface area contributed by atoms with Crippen LogP contribution >= 0.6 is 17.6 Å². The predicted octanol–water partition coefficient (Wildman–Crippen LogP) is 13.5. The first kappa shape index (κ1) is 37.2. The zero-order valence-electron chi connectivity index (χ0n) is 31.2. The van der Waals surface area contributed by atoms with Gasteiger partial charge >= 0.3 is 8.60 Å². The molecule has 0 aliphatic carbocycles. The molecule has 0 heterocycles. The molecule has 0 saturated heterocycles. The third kappa shape index (κ3) is 8.28. The summed E-state index contributed by atoms with van der Waals surface area (Å²) < 4.78 is 33.1. The van der Waals surface area contributed by atoms with Gasteiger partial charge in [0.25, 0.3) is 9.03 Å². The van der Waals surface area contributed by atoms with E-state index in [1.165, 1.54) is 11.1 Å². The van der Waals surface area contributed by atoms with Crippen LogP contribution in [0.2, 0.25) is 0 Å². The first-order valence-corrected chi connectivity index (χ1v) is 19.2. The summed E-state index contributed by atoms with van der Waals surface area (Å²) in [6.07, 6.45) is 0. The second-order valence-corrected chi connectivity index (χ2v) is 15.2. The van der Waals surface area contributed by atoms with Crippen molar-refractivity contribution in [2.24, 2.45) is 0 Å². The van der Waals surface area contributed by atoms with Gasteiger partial charge in [-0.1, -0.05) is 94.4 Å². The molecule has 7 heteroatoms. The van der Waals surface area contributed by atoms with Gasteiger partial charge in [0.05, 0.1) is 0 Å². The maximum absolute atomic E-state index is 7.04. The molecule has 5 rings (SSSR count). The van der Waals surface area contributed by atoms with Crippen LogP contribution in [0.15, 0.2) is 84.9 Å². The van der Waals surface area contributed by atoms with E-state index in [1.54, 1.807) is 0 Å². The van der Waals surface area contributed by atoms with Gasteiger partial charge in [-0.2, -0.15) is 0 Å². The van der Waals surface area contributed by atoms with Gasteiger partial charge < -0.3 is 22.6 Å². The fraction of sp³-hybridized carbons (Fsp3) is 0.302. The lowest BCUT2D eigenvalue weighted by atomic mass is 9.83. The zero-order chi connectivity index (χ0) is 36.1. The molecule has 0 spiro atoms. The van der Waals surface area contributed by atoms with Gasteiger partial charge in [0.1, 0.15) is 28.7 Å². The van der Waals surface area contributed by atoms with Crippen LogP contribution in [0.1, 0.15) is 89.6 Å². The van der Waals surface area contributed by atoms with E-state index in [2.05, 4.69) is 67.5 Å². The monoisotopic (exact) mass is 708 g/mol. The molecule has 0 radical (unpaired) electrons. The Bertz CT molecular complexity index is 1920. The van der Waals surface area contributed by atoms with Crippen molar-refractivity contribution in [2.45, 2.75) is 88.0 Å². The zero-order valence-corrected chi connectivity index (χ0v) is 33.1. The lowest BCUT2D eigenvalue weighted by Gasteiger charge is -2.28. The normalized spacial score (nSPS) is 11.6. The molecular weight excluding hydrogens is 658 g/mol. The maximum Gasteiger partial charge on any atom is 0.530 e. The van der Waals surface area contributed by atoms with E-state index in [4.69, 9.17) is 22.6 Å². The van der Waals surface area contributed by atoms with Crippen LogP contribution in [-0.4, -0.2) is 0 Å². The number of hydrogen-bond acceptors (Lipinski definition) is 5. The molecule has 5 nitrogen and oxygen atoms in total. The molecule has 50 heavy (non-hydrogen) atoms. The SMILES string of the molecule is Cc1ccccc1OPOc1c(C)cc(C(C)C)c(C)c1-c1c(C)c(C(C)C)cc(C)c1OP(Oc1ccccc1C)Oc1ccccc1C. The van der Waals surface area contributed by atoms with Crippen LogP contribution in [-0.2, 0) is 0 Å². The molecular formula is C43H50O5P2. The van der Waals surface area contributed by atoms with Crippen LogP contribution < -0.4 is 22.6 Å². The second kappa shape index (κ2) is 16.3. The standard InChI is InChI=1S/C43H50O5P2/c1-26(2)35-24-31(8)42(45-49-44-37-21-15-12-18-28(37)5)40(33(35)10)41-34(11)36(27(3)4)25-32(9)43(41)48-50(46-38-22-16-13-19-29(38)6)47-39-23-17-14-20-30(39)7/h12-27,49H,1-11H3. The van der Waals surface area contributed by atoms with Gasteiger partial charge in [-0.15, -0.1) is 0 Å². The van der Waals surface area contributed by atoms with Crippen LogP contribution in [0.5, 0.6) is 28.7 Å². The van der Waals surface area contributed by atoms with Gasteiger partial charge in [-0.25, -0.2) is 0 Å². The number of para-hydroxylation sites is 3. The Hall–Kier alpha value is -4.04. The molecule has 1 atom stereocenters. The fourth-order valence-corrected chi connectivity index (χ4v) is 8.21. The highest BCUT2D eigenvalue weighted by atomic mass is 31.2. The Morgan fingerprint density at radius 3 is 1.30 bits per heavy atom. The Morgan fingerprint density at radius 1 is 0.460 bits per heavy atom. The second-order valence-electron chi connectivity index (χ2n) is 13.6. The van der Waals surface area contributed by atoms with E-state index >= 15 is 0 Å². The number of rotatable bonds is 13. The van der Waals surface area contributed by atoms with Crippen molar-refractivity contribution in [3.05, 3.63) is 135 Å². The van der Waals surface area contributed by atoms with Gasteiger partial charge in [-0.3, -0.25) is 0 Å². The van der Waals surface area contributed by atoms with Crippen molar-refractivity contribution in [3.8, 4) is 39.9 Å². The minimum Gasteiger partial charge on any atom is -0.440 e. The molecule has 0 aromatic heterocycles. The van der Waals surface area contributed by atoms with Crippen LogP contribution in [0.3, 0.4) is 0 Å². The minimum atomic E-state index is -1.94. The summed E-state index contributed by atoms with van der Waals surface area (Å²) in [5, 5.41) is 0. The predicted molar refractivity (Wildman–Crippen MR) is 211 cm³/mol. The Kier molecular flexibility index (Phi) is 12.2. The summed E-state index contributed by atoms with van der Waals surface area (Å²) in [7, 11) is -2.18. The summed E-state index contributed by atoms with van der Waals surface area (Å²) in [4.78, 5) is 0. The van der Waals surface area contributed by atoms with Crippen LogP contribution in [0.4, 0.5) is 0 Å². The highest BCUT2D eigenvalue weighted by molar-refractivity contribution is 7.43. The fourth-order valence-electron chi connectivity index (χ4n) is 6.28. The van der Waals surface area contributed by atoms with Crippen molar-refractivity contribution in [3.63, 3.8) is 0 Å². The average molecular weight is 709 g/mol. The summed E-state index contributed by atoms with van der Waals surface area (Å²) in [6.45, 7) is 23.7. The Labute approximate surface area is 302 Å². The van der Waals surface area contributed by atoms with Crippen LogP contribution in [0.25, 0.3) is 11.1 Å². The lowest BCUT2D eigenvalue weighted by Crippen LogP contribution is -2.09. The van der Waals surface area contributed by atoms with E-state index in [9.17, 15) is 0 Å². The molecule has 0 fully saturated rings. The molecule has 0 bridgehead atoms. The topological polar surface area (TPSA) is 46.2 Å². The lowest BCUT2D eigenvalue weighted by molar-refractivity contribution is 0.385. The Morgan fingerprint density at radius 2 is 0.860 bits per heavy atom. The molecule has 0 amide bonds. The molecule has 0 aliphatic heterocycles. The summed E-state index contributed by atoms with van der Waals surface area (Å²) >= 11 is 0.